The molecule has 2 aromatic rings. The summed E-state index contributed by atoms with van der Waals surface area (Å²) in [7, 11) is 0. The van der Waals surface area contributed by atoms with Gasteiger partial charge in [0.05, 0.1) is 38.6 Å². The van der Waals surface area contributed by atoms with Crippen molar-refractivity contribution in [1.29, 1.82) is 0 Å². The van der Waals surface area contributed by atoms with Gasteiger partial charge in [-0.25, -0.2) is 0 Å². The van der Waals surface area contributed by atoms with Crippen LogP contribution in [0.15, 0.2) is 24.3 Å². The van der Waals surface area contributed by atoms with E-state index in [9.17, 15) is 0 Å². The average molecular weight is 439 g/mol. The van der Waals surface area contributed by atoms with Gasteiger partial charge in [-0.2, -0.15) is 0 Å². The second kappa shape index (κ2) is 10.7. The van der Waals surface area contributed by atoms with Gasteiger partial charge in [-0.15, -0.1) is 0 Å². The Balaban J connectivity index is 1.35. The molecule has 0 bridgehead atoms. The van der Waals surface area contributed by atoms with Gasteiger partial charge in [0.2, 0.25) is 0 Å². The molecule has 0 saturated carbocycles. The van der Waals surface area contributed by atoms with Gasteiger partial charge in [-0.05, 0) is 124 Å². The van der Waals surface area contributed by atoms with Crippen molar-refractivity contribution in [3.63, 3.8) is 0 Å². The van der Waals surface area contributed by atoms with E-state index in [1.807, 2.05) is 0 Å². The minimum absolute atomic E-state index is 0.517. The van der Waals surface area contributed by atoms with Crippen LogP contribution >= 0.6 is 0 Å². The molecule has 2 aliphatic rings. The molecular weight excluding hydrogens is 400 g/mol. The zero-order chi connectivity index (χ0) is 22.5. The van der Waals surface area contributed by atoms with E-state index >= 15 is 0 Å². The van der Waals surface area contributed by atoms with Crippen molar-refractivity contribution in [3.8, 4) is 22.6 Å². The number of epoxide rings is 2. The van der Waals surface area contributed by atoms with E-state index in [1.165, 1.54) is 46.2 Å². The number of ether oxygens (including phenoxy) is 4. The van der Waals surface area contributed by atoms with Crippen LogP contribution in [0.2, 0.25) is 0 Å². The van der Waals surface area contributed by atoms with Crippen molar-refractivity contribution < 1.29 is 18.9 Å². The molecule has 4 rings (SSSR count). The summed E-state index contributed by atoms with van der Waals surface area (Å²) in [6.45, 7) is 12.0. The van der Waals surface area contributed by atoms with Crippen molar-refractivity contribution in [1.82, 2.24) is 0 Å². The van der Waals surface area contributed by atoms with E-state index in [0.717, 1.165) is 63.6 Å². The molecule has 0 radical (unpaired) electrons. The van der Waals surface area contributed by atoms with Gasteiger partial charge in [-0.3, -0.25) is 0 Å². The molecule has 0 amide bonds. The number of benzene rings is 2. The Morgan fingerprint density at radius 3 is 1.28 bits per heavy atom. The highest BCUT2D eigenvalue weighted by Gasteiger charge is 2.21. The lowest BCUT2D eigenvalue weighted by Crippen LogP contribution is -2.03. The molecule has 0 spiro atoms. The van der Waals surface area contributed by atoms with Crippen LogP contribution in [0.5, 0.6) is 11.5 Å². The Kier molecular flexibility index (Phi) is 7.75. The molecular formula is C28H38O4. The summed E-state index contributed by atoms with van der Waals surface area (Å²) in [4.78, 5) is 0. The third-order valence-electron chi connectivity index (χ3n) is 6.39. The average Bonchev–Trinajstić information content (AvgIpc) is 3.66. The molecule has 2 saturated heterocycles. The Hall–Kier alpha value is -2.04. The largest absolute Gasteiger partial charge is 0.493 e. The number of unbranched alkanes of at least 4 members (excludes halogenated alkanes) is 2. The first kappa shape index (κ1) is 23.1. The molecule has 0 aromatic heterocycles. The fraction of sp³-hybridized carbons (Fsp3) is 0.571. The third-order valence-corrected chi connectivity index (χ3v) is 6.39. The van der Waals surface area contributed by atoms with Crippen molar-refractivity contribution in [3.05, 3.63) is 46.5 Å². The Bertz CT molecular complexity index is 790. The first-order valence-corrected chi connectivity index (χ1v) is 12.2. The number of hydrogen-bond acceptors (Lipinski definition) is 4. The molecule has 2 atom stereocenters. The summed E-state index contributed by atoms with van der Waals surface area (Å²) in [5, 5.41) is 0. The molecule has 4 nitrogen and oxygen atoms in total. The van der Waals surface area contributed by atoms with Crippen molar-refractivity contribution in [2.75, 3.05) is 26.4 Å². The zero-order valence-corrected chi connectivity index (χ0v) is 20.2. The molecule has 4 heteroatoms. The Morgan fingerprint density at radius 2 is 0.969 bits per heavy atom. The van der Waals surface area contributed by atoms with Gasteiger partial charge in [0.25, 0.3) is 0 Å². The van der Waals surface area contributed by atoms with E-state index < -0.39 is 0 Å². The maximum absolute atomic E-state index is 6.14. The molecule has 0 aliphatic carbocycles. The predicted octanol–water partition coefficient (Wildman–Crippen LogP) is 6.48. The van der Waals surface area contributed by atoms with E-state index in [4.69, 9.17) is 18.9 Å². The fourth-order valence-electron chi connectivity index (χ4n) is 4.46. The summed E-state index contributed by atoms with van der Waals surface area (Å²) in [5.74, 6) is 2.06. The molecule has 2 heterocycles. The van der Waals surface area contributed by atoms with Crippen LogP contribution in [0.4, 0.5) is 0 Å². The summed E-state index contributed by atoms with van der Waals surface area (Å²) >= 11 is 0. The number of hydrogen-bond donors (Lipinski definition) is 0. The van der Waals surface area contributed by atoms with Crippen LogP contribution in [0.3, 0.4) is 0 Å². The van der Waals surface area contributed by atoms with E-state index in [1.54, 1.807) is 0 Å². The van der Waals surface area contributed by atoms with Gasteiger partial charge in [0.15, 0.2) is 0 Å². The van der Waals surface area contributed by atoms with Crippen LogP contribution < -0.4 is 9.47 Å². The highest BCUT2D eigenvalue weighted by molar-refractivity contribution is 5.70. The lowest BCUT2D eigenvalue weighted by Gasteiger charge is -2.17. The van der Waals surface area contributed by atoms with Gasteiger partial charge in [0, 0.05) is 0 Å². The van der Waals surface area contributed by atoms with Crippen molar-refractivity contribution >= 4 is 0 Å². The quantitative estimate of drug-likeness (QED) is 0.265. The number of rotatable bonds is 13. The summed E-state index contributed by atoms with van der Waals surface area (Å²) in [6.07, 6.45) is 7.85. The molecule has 0 N–H and O–H groups in total. The molecule has 32 heavy (non-hydrogen) atoms. The Labute approximate surface area is 193 Å². The van der Waals surface area contributed by atoms with Gasteiger partial charge >= 0.3 is 0 Å². The number of aryl methyl sites for hydroxylation is 4. The second-order valence-corrected chi connectivity index (χ2v) is 9.48. The first-order valence-electron chi connectivity index (χ1n) is 12.2. The van der Waals surface area contributed by atoms with Gasteiger partial charge in [-0.1, -0.05) is 0 Å². The highest BCUT2D eigenvalue weighted by Crippen LogP contribution is 2.34. The minimum atomic E-state index is 0.517. The molecule has 174 valence electrons. The molecule has 2 aromatic carbocycles. The minimum Gasteiger partial charge on any atom is -0.493 e. The third kappa shape index (κ3) is 6.49. The molecule has 2 unspecified atom stereocenters. The smallest absolute Gasteiger partial charge is 0.125 e. The maximum atomic E-state index is 6.14. The topological polar surface area (TPSA) is 43.5 Å². The van der Waals surface area contributed by atoms with E-state index in [2.05, 4.69) is 52.0 Å². The van der Waals surface area contributed by atoms with Gasteiger partial charge < -0.3 is 18.9 Å². The zero-order valence-electron chi connectivity index (χ0n) is 20.2. The predicted molar refractivity (Wildman–Crippen MR) is 129 cm³/mol. The lowest BCUT2D eigenvalue weighted by atomic mass is 9.96. The van der Waals surface area contributed by atoms with Crippen LogP contribution in [-0.2, 0) is 9.47 Å². The summed E-state index contributed by atoms with van der Waals surface area (Å²) in [5.41, 5.74) is 7.25. The maximum Gasteiger partial charge on any atom is 0.125 e. The van der Waals surface area contributed by atoms with Crippen LogP contribution in [0.1, 0.15) is 60.8 Å². The fourth-order valence-corrected chi connectivity index (χ4v) is 4.46. The van der Waals surface area contributed by atoms with Crippen molar-refractivity contribution in [2.45, 2.75) is 78.4 Å². The summed E-state index contributed by atoms with van der Waals surface area (Å²) < 4.78 is 22.8. The van der Waals surface area contributed by atoms with Crippen LogP contribution in [0, 0.1) is 27.7 Å². The summed E-state index contributed by atoms with van der Waals surface area (Å²) in [6, 6.07) is 8.98. The highest BCUT2D eigenvalue weighted by atomic mass is 16.6. The van der Waals surface area contributed by atoms with E-state index in [0.29, 0.717) is 12.2 Å². The van der Waals surface area contributed by atoms with E-state index in [-0.39, 0.29) is 0 Å². The monoisotopic (exact) mass is 438 g/mol. The SMILES string of the molecule is Cc1cc(-c2cc(C)c(OCCCCC3CO3)c(C)c2)cc(C)c1OCCCCC1CO1. The lowest BCUT2D eigenvalue weighted by molar-refractivity contribution is 0.296. The molecule has 2 fully saturated rings. The van der Waals surface area contributed by atoms with Crippen molar-refractivity contribution in [2.24, 2.45) is 0 Å². The van der Waals surface area contributed by atoms with Crippen LogP contribution in [-0.4, -0.2) is 38.6 Å². The first-order chi connectivity index (χ1) is 15.5. The van der Waals surface area contributed by atoms with Gasteiger partial charge in [0.1, 0.15) is 11.5 Å². The van der Waals surface area contributed by atoms with Crippen LogP contribution in [0.25, 0.3) is 11.1 Å². The Morgan fingerprint density at radius 1 is 0.625 bits per heavy atom. The standard InChI is InChI=1S/C28H38O4/c1-19-13-23(14-20(2)27(19)29-11-7-5-9-25-17-31-25)24-15-21(3)28(22(4)16-24)30-12-8-6-10-26-18-32-26/h13-16,25-26H,5-12,17-18H2,1-4H3. The molecule has 2 aliphatic heterocycles. The normalized spacial score (nSPS) is 19.1. The second-order valence-electron chi connectivity index (χ2n) is 9.48.